The summed E-state index contributed by atoms with van der Waals surface area (Å²) in [6.45, 7) is 3.55. The summed E-state index contributed by atoms with van der Waals surface area (Å²) in [6, 6.07) is 0. The van der Waals surface area contributed by atoms with E-state index in [1.165, 1.54) is 7.11 Å². The highest BCUT2D eigenvalue weighted by atomic mass is 16.6. The molecule has 9 heavy (non-hydrogen) atoms. The molecule has 0 aromatic heterocycles. The van der Waals surface area contributed by atoms with Crippen LogP contribution < -0.4 is 0 Å². The summed E-state index contributed by atoms with van der Waals surface area (Å²) in [5.74, 6) is 0. The van der Waals surface area contributed by atoms with Gasteiger partial charge in [0.15, 0.2) is 0 Å². The molecule has 0 N–H and O–H groups in total. The van der Waals surface area contributed by atoms with Gasteiger partial charge < -0.3 is 4.84 Å². The monoisotopic (exact) mass is 126 g/mol. The van der Waals surface area contributed by atoms with Gasteiger partial charge in [-0.15, -0.1) is 0 Å². The molecule has 0 aromatic rings. The topological polar surface area (TPSA) is 21.6 Å². The maximum atomic E-state index is 4.45. The van der Waals surface area contributed by atoms with Crippen molar-refractivity contribution in [1.82, 2.24) is 0 Å². The smallest absolute Gasteiger partial charge is 0.106 e. The van der Waals surface area contributed by atoms with Crippen molar-refractivity contribution in [3.63, 3.8) is 0 Å². The summed E-state index contributed by atoms with van der Waals surface area (Å²) in [5, 5.41) is 3.56. The van der Waals surface area contributed by atoms with Crippen molar-refractivity contribution in [3.8, 4) is 0 Å². The molecule has 0 unspecified atom stereocenters. The zero-order valence-electron chi connectivity index (χ0n) is 5.71. The van der Waals surface area contributed by atoms with E-state index in [4.69, 9.17) is 0 Å². The maximum absolute atomic E-state index is 4.45. The van der Waals surface area contributed by atoms with Gasteiger partial charge in [0.2, 0.25) is 0 Å². The van der Waals surface area contributed by atoms with Crippen LogP contribution in [0.25, 0.3) is 0 Å². The quantitative estimate of drug-likeness (QED) is 0.319. The van der Waals surface area contributed by atoms with E-state index < -0.39 is 0 Å². The Morgan fingerprint density at radius 1 is 1.56 bits per heavy atom. The van der Waals surface area contributed by atoms with E-state index in [1.54, 1.807) is 12.3 Å². The van der Waals surface area contributed by atoms with Crippen LogP contribution in [0.1, 0.15) is 12.8 Å². The van der Waals surface area contributed by atoms with E-state index in [9.17, 15) is 0 Å². The van der Waals surface area contributed by atoms with Crippen LogP contribution in [-0.4, -0.2) is 13.3 Å². The standard InChI is InChI=1S/C7H12NO/c1-3-4-5-6-7-8-9-2/h3-4,7H,1,5-6H2,2H3. The first kappa shape index (κ1) is 8.21. The van der Waals surface area contributed by atoms with Gasteiger partial charge in [-0.1, -0.05) is 17.3 Å². The third kappa shape index (κ3) is 7.21. The van der Waals surface area contributed by atoms with Crippen LogP contribution in [0.4, 0.5) is 0 Å². The van der Waals surface area contributed by atoms with E-state index in [2.05, 4.69) is 16.9 Å². The number of hydrogen-bond donors (Lipinski definition) is 0. The minimum Gasteiger partial charge on any atom is -0.399 e. The summed E-state index contributed by atoms with van der Waals surface area (Å²) in [7, 11) is 1.54. The molecule has 0 aliphatic heterocycles. The zero-order chi connectivity index (χ0) is 6.95. The Bertz CT molecular complexity index is 97.1. The SMILES string of the molecule is [CH2]C=CCCC=NOC. The van der Waals surface area contributed by atoms with Gasteiger partial charge in [0.1, 0.15) is 7.11 Å². The average molecular weight is 126 g/mol. The molecule has 0 amide bonds. The summed E-state index contributed by atoms with van der Waals surface area (Å²) < 4.78 is 0. The highest BCUT2D eigenvalue weighted by Gasteiger charge is 1.73. The predicted octanol–water partition coefficient (Wildman–Crippen LogP) is 1.79. The Morgan fingerprint density at radius 2 is 2.33 bits per heavy atom. The van der Waals surface area contributed by atoms with Gasteiger partial charge in [0, 0.05) is 6.21 Å². The summed E-state index contributed by atoms with van der Waals surface area (Å²) >= 11 is 0. The van der Waals surface area contributed by atoms with E-state index in [-0.39, 0.29) is 0 Å². The summed E-state index contributed by atoms with van der Waals surface area (Å²) in [5.41, 5.74) is 0. The lowest BCUT2D eigenvalue weighted by atomic mass is 10.3. The van der Waals surface area contributed by atoms with Crippen LogP contribution in [0.2, 0.25) is 0 Å². The van der Waals surface area contributed by atoms with Crippen LogP contribution >= 0.6 is 0 Å². The molecule has 51 valence electrons. The van der Waals surface area contributed by atoms with Crippen molar-refractivity contribution < 1.29 is 4.84 Å². The largest absolute Gasteiger partial charge is 0.399 e. The minimum absolute atomic E-state index is 0.917. The lowest BCUT2D eigenvalue weighted by molar-refractivity contribution is 0.214. The molecule has 1 radical (unpaired) electrons. The molecule has 0 aliphatic carbocycles. The fourth-order valence-electron chi connectivity index (χ4n) is 0.416. The minimum atomic E-state index is 0.917. The van der Waals surface area contributed by atoms with Crippen molar-refractivity contribution >= 4 is 6.21 Å². The normalized spacial score (nSPS) is 11.3. The van der Waals surface area contributed by atoms with Crippen LogP contribution in [0.15, 0.2) is 17.3 Å². The lowest BCUT2D eigenvalue weighted by Gasteiger charge is -1.84. The second-order valence-corrected chi connectivity index (χ2v) is 1.52. The van der Waals surface area contributed by atoms with Gasteiger partial charge in [-0.05, 0) is 19.8 Å². The molecule has 0 bridgehead atoms. The first-order valence-electron chi connectivity index (χ1n) is 2.91. The molecule has 0 rings (SSSR count). The molecule has 0 aliphatic rings. The van der Waals surface area contributed by atoms with Gasteiger partial charge in [-0.3, -0.25) is 0 Å². The molecule has 0 atom stereocenters. The highest BCUT2D eigenvalue weighted by Crippen LogP contribution is 1.86. The molecule has 0 aromatic carbocycles. The van der Waals surface area contributed by atoms with Crippen LogP contribution in [-0.2, 0) is 4.84 Å². The third-order valence-corrected chi connectivity index (χ3v) is 0.809. The lowest BCUT2D eigenvalue weighted by Crippen LogP contribution is -1.74. The molecule has 0 saturated heterocycles. The number of allylic oxidation sites excluding steroid dienone is 2. The van der Waals surface area contributed by atoms with E-state index in [0.717, 1.165) is 12.8 Å². The Morgan fingerprint density at radius 3 is 2.89 bits per heavy atom. The van der Waals surface area contributed by atoms with Gasteiger partial charge in [0.25, 0.3) is 0 Å². The third-order valence-electron chi connectivity index (χ3n) is 0.809. The first-order valence-corrected chi connectivity index (χ1v) is 2.91. The van der Waals surface area contributed by atoms with E-state index >= 15 is 0 Å². The number of oxime groups is 1. The average Bonchev–Trinajstić information content (AvgIpc) is 1.89. The van der Waals surface area contributed by atoms with Crippen molar-refractivity contribution in [2.45, 2.75) is 12.8 Å². The van der Waals surface area contributed by atoms with Crippen LogP contribution in [0.3, 0.4) is 0 Å². The number of nitrogens with zero attached hydrogens (tertiary/aromatic N) is 1. The number of hydrogen-bond acceptors (Lipinski definition) is 2. The van der Waals surface area contributed by atoms with Gasteiger partial charge >= 0.3 is 0 Å². The van der Waals surface area contributed by atoms with E-state index in [1.807, 2.05) is 6.08 Å². The second-order valence-electron chi connectivity index (χ2n) is 1.52. The number of rotatable bonds is 4. The van der Waals surface area contributed by atoms with Crippen molar-refractivity contribution in [3.05, 3.63) is 19.1 Å². The Labute approximate surface area is 56.2 Å². The highest BCUT2D eigenvalue weighted by molar-refractivity contribution is 5.56. The maximum Gasteiger partial charge on any atom is 0.106 e. The summed E-state index contributed by atoms with van der Waals surface area (Å²) in [6.07, 6.45) is 7.40. The fourth-order valence-corrected chi connectivity index (χ4v) is 0.416. The van der Waals surface area contributed by atoms with Crippen molar-refractivity contribution in [1.29, 1.82) is 0 Å². The molecule has 0 heterocycles. The molecule has 0 spiro atoms. The van der Waals surface area contributed by atoms with Crippen LogP contribution in [0, 0.1) is 6.92 Å². The predicted molar refractivity (Wildman–Crippen MR) is 39.2 cm³/mol. The molecule has 0 fully saturated rings. The fraction of sp³-hybridized carbons (Fsp3) is 0.429. The Kier molecular flexibility index (Phi) is 6.58. The van der Waals surface area contributed by atoms with Gasteiger partial charge in [-0.2, -0.15) is 0 Å². The van der Waals surface area contributed by atoms with E-state index in [0.29, 0.717) is 0 Å². The first-order chi connectivity index (χ1) is 4.41. The van der Waals surface area contributed by atoms with Gasteiger partial charge in [-0.25, -0.2) is 0 Å². The zero-order valence-corrected chi connectivity index (χ0v) is 5.71. The molecular formula is C7H12NO. The van der Waals surface area contributed by atoms with Gasteiger partial charge in [0.05, 0.1) is 0 Å². The Hall–Kier alpha value is -0.790. The molecule has 2 heteroatoms. The summed E-state index contributed by atoms with van der Waals surface area (Å²) in [4.78, 5) is 4.45. The Balaban J connectivity index is 2.99. The molecule has 0 saturated carbocycles. The van der Waals surface area contributed by atoms with Crippen LogP contribution in [0.5, 0.6) is 0 Å². The molecule has 2 nitrogen and oxygen atoms in total. The second kappa shape index (κ2) is 7.21. The van der Waals surface area contributed by atoms with Crippen molar-refractivity contribution in [2.75, 3.05) is 7.11 Å². The van der Waals surface area contributed by atoms with Crippen molar-refractivity contribution in [2.24, 2.45) is 5.16 Å². The molecular weight excluding hydrogens is 114 g/mol. The number of unbranched alkanes of at least 4 members (excludes halogenated alkanes) is 1.